The molecule has 2 aromatic rings. The molecule has 1 aliphatic rings. The van der Waals surface area contributed by atoms with Crippen molar-refractivity contribution in [3.63, 3.8) is 0 Å². The molecule has 3 rings (SSSR count). The van der Waals surface area contributed by atoms with Crippen LogP contribution in [0.15, 0.2) is 30.3 Å². The number of carbonyl (C=O) groups is 3. The molecule has 2 amide bonds. The molecule has 0 spiro atoms. The minimum absolute atomic E-state index is 0.0584. The highest BCUT2D eigenvalue weighted by molar-refractivity contribution is 5.88. The maximum absolute atomic E-state index is 12.6. The normalized spacial score (nSPS) is 15.2. The molecule has 0 aliphatic carbocycles. The van der Waals surface area contributed by atoms with Gasteiger partial charge in [0, 0.05) is 5.56 Å². The van der Waals surface area contributed by atoms with Crippen LogP contribution < -0.4 is 5.32 Å². The van der Waals surface area contributed by atoms with Gasteiger partial charge in [-0.15, -0.1) is 4.68 Å². The summed E-state index contributed by atoms with van der Waals surface area (Å²) < 4.78 is 16.8. The van der Waals surface area contributed by atoms with E-state index < -0.39 is 29.9 Å². The maximum Gasteiger partial charge on any atom is 0.436 e. The van der Waals surface area contributed by atoms with Crippen molar-refractivity contribution < 1.29 is 28.6 Å². The van der Waals surface area contributed by atoms with E-state index >= 15 is 0 Å². The van der Waals surface area contributed by atoms with Crippen LogP contribution in [0.2, 0.25) is 0 Å². The zero-order chi connectivity index (χ0) is 23.5. The Morgan fingerprint density at radius 3 is 2.44 bits per heavy atom. The standard InChI is InChI=1S/C22H28N4O6/c1-6-30-21(29)26-18(23-19(27)31-13-15-10-8-7-9-11-15)16-12-25(14(2)17(16)24-26)20(28)32-22(3,4)5/h7-11,14H,6,12-13H2,1-5H3,(H,23,27). The van der Waals surface area contributed by atoms with Gasteiger partial charge in [-0.3, -0.25) is 10.2 Å². The Balaban J connectivity index is 1.82. The average molecular weight is 444 g/mol. The van der Waals surface area contributed by atoms with Crippen LogP contribution in [0.25, 0.3) is 0 Å². The first-order chi connectivity index (χ1) is 15.1. The number of fused-ring (bicyclic) bond motifs is 1. The van der Waals surface area contributed by atoms with E-state index in [1.807, 2.05) is 30.3 Å². The molecule has 1 aromatic heterocycles. The van der Waals surface area contributed by atoms with Crippen LogP contribution in [0, 0.1) is 0 Å². The number of hydrogen-bond acceptors (Lipinski definition) is 7. The molecule has 0 saturated heterocycles. The lowest BCUT2D eigenvalue weighted by atomic mass is 10.2. The minimum Gasteiger partial charge on any atom is -0.448 e. The van der Waals surface area contributed by atoms with Crippen LogP contribution in [0.4, 0.5) is 20.2 Å². The Labute approximate surface area is 186 Å². The van der Waals surface area contributed by atoms with Crippen LogP contribution in [0.3, 0.4) is 0 Å². The van der Waals surface area contributed by atoms with Gasteiger partial charge in [-0.1, -0.05) is 30.3 Å². The molecule has 0 fully saturated rings. The smallest absolute Gasteiger partial charge is 0.436 e. The summed E-state index contributed by atoms with van der Waals surface area (Å²) >= 11 is 0. The maximum atomic E-state index is 12.6. The number of anilines is 1. The first-order valence-corrected chi connectivity index (χ1v) is 10.4. The highest BCUT2D eigenvalue weighted by Crippen LogP contribution is 2.38. The SMILES string of the molecule is CCOC(=O)n1nc2c(c1NC(=O)OCc1ccccc1)CN(C(=O)OC(C)(C)C)C2C. The second-order valence-electron chi connectivity index (χ2n) is 8.29. The lowest BCUT2D eigenvalue weighted by molar-refractivity contribution is 0.0184. The second-order valence-corrected chi connectivity index (χ2v) is 8.29. The monoisotopic (exact) mass is 444 g/mol. The highest BCUT2D eigenvalue weighted by atomic mass is 16.6. The van der Waals surface area contributed by atoms with E-state index in [2.05, 4.69) is 10.4 Å². The van der Waals surface area contributed by atoms with E-state index in [1.54, 1.807) is 34.6 Å². The zero-order valence-corrected chi connectivity index (χ0v) is 18.9. The van der Waals surface area contributed by atoms with Crippen molar-refractivity contribution >= 4 is 24.1 Å². The summed E-state index contributed by atoms with van der Waals surface area (Å²) in [6.07, 6.45) is -2.01. The van der Waals surface area contributed by atoms with Crippen molar-refractivity contribution in [1.82, 2.24) is 14.7 Å². The third kappa shape index (κ3) is 5.19. The van der Waals surface area contributed by atoms with Crippen LogP contribution in [-0.4, -0.2) is 45.2 Å². The van der Waals surface area contributed by atoms with E-state index in [1.165, 1.54) is 4.90 Å². The molecule has 10 nitrogen and oxygen atoms in total. The summed E-state index contributed by atoms with van der Waals surface area (Å²) in [5.41, 5.74) is 1.15. The number of ether oxygens (including phenoxy) is 3. The first kappa shape index (κ1) is 23.1. The van der Waals surface area contributed by atoms with Gasteiger partial charge in [0.1, 0.15) is 12.2 Å². The number of carbonyl (C=O) groups excluding carboxylic acids is 3. The van der Waals surface area contributed by atoms with Crippen LogP contribution in [0.5, 0.6) is 0 Å². The van der Waals surface area contributed by atoms with Gasteiger partial charge in [0.2, 0.25) is 0 Å². The number of amides is 2. The summed E-state index contributed by atoms with van der Waals surface area (Å²) in [4.78, 5) is 39.0. The Kier molecular flexibility index (Phi) is 6.71. The van der Waals surface area contributed by atoms with Gasteiger partial charge in [0.15, 0.2) is 5.82 Å². The van der Waals surface area contributed by atoms with Crippen molar-refractivity contribution in [2.24, 2.45) is 0 Å². The van der Waals surface area contributed by atoms with Crippen molar-refractivity contribution in [3.05, 3.63) is 47.2 Å². The van der Waals surface area contributed by atoms with Gasteiger partial charge >= 0.3 is 18.3 Å². The molecule has 1 N–H and O–H groups in total. The Morgan fingerprint density at radius 2 is 1.81 bits per heavy atom. The Hall–Kier alpha value is -3.56. The molecule has 0 radical (unpaired) electrons. The largest absolute Gasteiger partial charge is 0.448 e. The van der Waals surface area contributed by atoms with Gasteiger partial charge in [-0.05, 0) is 40.2 Å². The number of nitrogens with zero attached hydrogens (tertiary/aromatic N) is 3. The van der Waals surface area contributed by atoms with Crippen LogP contribution >= 0.6 is 0 Å². The van der Waals surface area contributed by atoms with Gasteiger partial charge in [-0.2, -0.15) is 5.10 Å². The van der Waals surface area contributed by atoms with E-state index in [4.69, 9.17) is 14.2 Å². The summed E-state index contributed by atoms with van der Waals surface area (Å²) in [6.45, 7) is 9.09. The fourth-order valence-electron chi connectivity index (χ4n) is 3.26. The lowest BCUT2D eigenvalue weighted by Gasteiger charge is -2.27. The van der Waals surface area contributed by atoms with E-state index in [-0.39, 0.29) is 25.6 Å². The molecule has 10 heteroatoms. The van der Waals surface area contributed by atoms with Crippen molar-refractivity contribution in [2.45, 2.75) is 59.4 Å². The van der Waals surface area contributed by atoms with Crippen molar-refractivity contribution in [1.29, 1.82) is 0 Å². The topological polar surface area (TPSA) is 112 Å². The number of rotatable bonds is 4. The summed E-state index contributed by atoms with van der Waals surface area (Å²) in [6, 6.07) is 8.74. The number of hydrogen-bond donors (Lipinski definition) is 1. The molecule has 0 saturated carbocycles. The van der Waals surface area contributed by atoms with Gasteiger partial charge in [0.25, 0.3) is 0 Å². The summed E-state index contributed by atoms with van der Waals surface area (Å²) in [7, 11) is 0. The molecule has 172 valence electrons. The van der Waals surface area contributed by atoms with Gasteiger partial charge in [-0.25, -0.2) is 14.4 Å². The predicted molar refractivity (Wildman–Crippen MR) is 115 cm³/mol. The fourth-order valence-corrected chi connectivity index (χ4v) is 3.26. The quantitative estimate of drug-likeness (QED) is 0.694. The molecule has 2 heterocycles. The number of aromatic nitrogens is 2. The molecular formula is C22H28N4O6. The molecule has 32 heavy (non-hydrogen) atoms. The molecule has 1 unspecified atom stereocenters. The van der Waals surface area contributed by atoms with Gasteiger partial charge < -0.3 is 14.2 Å². The van der Waals surface area contributed by atoms with E-state index in [0.717, 1.165) is 10.2 Å². The van der Waals surface area contributed by atoms with Crippen LogP contribution in [0.1, 0.15) is 57.5 Å². The molecule has 0 bridgehead atoms. The average Bonchev–Trinajstić information content (AvgIpc) is 3.23. The summed E-state index contributed by atoms with van der Waals surface area (Å²) in [5.74, 6) is 0.106. The number of nitrogens with one attached hydrogen (secondary N) is 1. The lowest BCUT2D eigenvalue weighted by Crippen LogP contribution is -2.35. The Bertz CT molecular complexity index is 996. The summed E-state index contributed by atoms with van der Waals surface area (Å²) in [5, 5.41) is 6.90. The van der Waals surface area contributed by atoms with E-state index in [0.29, 0.717) is 11.3 Å². The third-order valence-corrected chi connectivity index (χ3v) is 4.71. The molecule has 1 atom stereocenters. The third-order valence-electron chi connectivity index (χ3n) is 4.71. The highest BCUT2D eigenvalue weighted by Gasteiger charge is 2.40. The van der Waals surface area contributed by atoms with Crippen molar-refractivity contribution in [2.75, 3.05) is 11.9 Å². The van der Waals surface area contributed by atoms with E-state index in [9.17, 15) is 14.4 Å². The number of benzene rings is 1. The molecule has 1 aromatic carbocycles. The fraction of sp³-hybridized carbons (Fsp3) is 0.455. The van der Waals surface area contributed by atoms with Gasteiger partial charge in [0.05, 0.1) is 24.9 Å². The van der Waals surface area contributed by atoms with Crippen molar-refractivity contribution in [3.8, 4) is 0 Å². The first-order valence-electron chi connectivity index (χ1n) is 10.4. The molecule has 1 aliphatic heterocycles. The molecular weight excluding hydrogens is 416 g/mol. The van der Waals surface area contributed by atoms with Crippen LogP contribution in [-0.2, 0) is 27.4 Å². The zero-order valence-electron chi connectivity index (χ0n) is 18.9. The minimum atomic E-state index is -0.759. The Morgan fingerprint density at radius 1 is 1.12 bits per heavy atom. The second kappa shape index (κ2) is 9.29. The predicted octanol–water partition coefficient (Wildman–Crippen LogP) is 4.45.